The molecule has 0 aliphatic carbocycles. The summed E-state index contributed by atoms with van der Waals surface area (Å²) in [5.74, 6) is -0.730. The minimum atomic E-state index is -0.547. The van der Waals surface area contributed by atoms with Gasteiger partial charge in [-0.05, 0) is 53.4 Å². The third-order valence-corrected chi connectivity index (χ3v) is 5.71. The van der Waals surface area contributed by atoms with Gasteiger partial charge in [-0.2, -0.15) is 0 Å². The van der Waals surface area contributed by atoms with Gasteiger partial charge < -0.3 is 24.2 Å². The Labute approximate surface area is 185 Å². The van der Waals surface area contributed by atoms with Crippen LogP contribution in [0.3, 0.4) is 0 Å². The Kier molecular flexibility index (Phi) is 8.70. The first-order chi connectivity index (χ1) is 14.5. The van der Waals surface area contributed by atoms with E-state index in [4.69, 9.17) is 9.47 Å². The molecule has 0 aromatic carbocycles. The van der Waals surface area contributed by atoms with E-state index < -0.39 is 5.60 Å². The summed E-state index contributed by atoms with van der Waals surface area (Å²) in [6.07, 6.45) is 1.94. The lowest BCUT2D eigenvalue weighted by Crippen LogP contribution is -2.48. The number of rotatable bonds is 5. The highest BCUT2D eigenvalue weighted by Crippen LogP contribution is 2.22. The second-order valence-electron chi connectivity index (χ2n) is 9.34. The van der Waals surface area contributed by atoms with Crippen molar-refractivity contribution in [3.8, 4) is 0 Å². The molecule has 176 valence electrons. The smallest absolute Gasteiger partial charge is 0.410 e. The number of amides is 3. The Bertz CT molecular complexity index is 659. The third-order valence-electron chi connectivity index (χ3n) is 5.71. The molecule has 0 unspecified atom stereocenters. The molecule has 0 spiro atoms. The number of piperidine rings is 2. The van der Waals surface area contributed by atoms with Crippen LogP contribution in [0.15, 0.2) is 0 Å². The van der Waals surface area contributed by atoms with Crippen molar-refractivity contribution in [1.82, 2.24) is 14.7 Å². The Morgan fingerprint density at radius 3 is 1.94 bits per heavy atom. The highest BCUT2D eigenvalue weighted by atomic mass is 16.6. The molecule has 2 aliphatic heterocycles. The lowest BCUT2D eigenvalue weighted by molar-refractivity contribution is -0.151. The number of nitrogens with zero attached hydrogens (tertiary/aromatic N) is 3. The molecule has 0 bridgehead atoms. The number of ether oxygens (including phenoxy) is 2. The number of esters is 1. The van der Waals surface area contributed by atoms with Crippen LogP contribution in [0, 0.1) is 11.8 Å². The predicted molar refractivity (Wildman–Crippen MR) is 114 cm³/mol. The minimum Gasteiger partial charge on any atom is -0.466 e. The van der Waals surface area contributed by atoms with E-state index in [9.17, 15) is 19.2 Å². The molecule has 0 atom stereocenters. The van der Waals surface area contributed by atoms with Crippen LogP contribution in [-0.2, 0) is 23.9 Å². The van der Waals surface area contributed by atoms with E-state index in [2.05, 4.69) is 0 Å². The van der Waals surface area contributed by atoms with Crippen LogP contribution >= 0.6 is 0 Å². The molecule has 2 aliphatic rings. The summed E-state index contributed by atoms with van der Waals surface area (Å²) in [4.78, 5) is 54.3. The highest BCUT2D eigenvalue weighted by molar-refractivity contribution is 5.86. The molecule has 2 heterocycles. The van der Waals surface area contributed by atoms with E-state index in [0.29, 0.717) is 58.5 Å². The highest BCUT2D eigenvalue weighted by Gasteiger charge is 2.33. The molecule has 0 radical (unpaired) electrons. The van der Waals surface area contributed by atoms with E-state index in [1.54, 1.807) is 23.8 Å². The topological polar surface area (TPSA) is 96.5 Å². The maximum Gasteiger partial charge on any atom is 0.410 e. The van der Waals surface area contributed by atoms with Crippen molar-refractivity contribution >= 4 is 23.9 Å². The van der Waals surface area contributed by atoms with Crippen molar-refractivity contribution in [2.75, 3.05) is 46.4 Å². The Hall–Kier alpha value is -2.32. The maximum atomic E-state index is 12.8. The van der Waals surface area contributed by atoms with Crippen LogP contribution in [0.25, 0.3) is 0 Å². The fourth-order valence-electron chi connectivity index (χ4n) is 3.95. The van der Waals surface area contributed by atoms with Gasteiger partial charge in [-0.3, -0.25) is 14.4 Å². The first kappa shape index (κ1) is 24.9. The Morgan fingerprint density at radius 1 is 0.903 bits per heavy atom. The molecule has 3 amide bonds. The lowest BCUT2D eigenvalue weighted by atomic mass is 9.95. The van der Waals surface area contributed by atoms with Crippen molar-refractivity contribution in [2.24, 2.45) is 11.8 Å². The predicted octanol–water partition coefficient (Wildman–Crippen LogP) is 1.89. The quantitative estimate of drug-likeness (QED) is 0.607. The maximum absolute atomic E-state index is 12.8. The number of carbonyl (C=O) groups is 4. The Balaban J connectivity index is 1.76. The average Bonchev–Trinajstić information content (AvgIpc) is 2.72. The van der Waals surface area contributed by atoms with Gasteiger partial charge in [0.25, 0.3) is 0 Å². The van der Waals surface area contributed by atoms with Crippen molar-refractivity contribution in [1.29, 1.82) is 0 Å². The van der Waals surface area contributed by atoms with Crippen LogP contribution < -0.4 is 0 Å². The summed E-state index contributed by atoms with van der Waals surface area (Å²) < 4.78 is 10.4. The fraction of sp³-hybridized carbons (Fsp3) is 0.818. The van der Waals surface area contributed by atoms with E-state index >= 15 is 0 Å². The van der Waals surface area contributed by atoms with Gasteiger partial charge in [-0.25, -0.2) is 4.79 Å². The van der Waals surface area contributed by atoms with Gasteiger partial charge in [0.1, 0.15) is 5.60 Å². The monoisotopic (exact) mass is 439 g/mol. The van der Waals surface area contributed by atoms with Gasteiger partial charge in [-0.15, -0.1) is 0 Å². The molecular formula is C22H37N3O6. The zero-order valence-electron chi connectivity index (χ0n) is 19.5. The van der Waals surface area contributed by atoms with Crippen LogP contribution in [0.4, 0.5) is 4.79 Å². The minimum absolute atomic E-state index is 0.0230. The molecule has 2 rings (SSSR count). The van der Waals surface area contributed by atoms with Gasteiger partial charge >= 0.3 is 12.1 Å². The number of likely N-dealkylation sites (N-methyl/N-ethyl adjacent to an activating group) is 1. The van der Waals surface area contributed by atoms with Crippen LogP contribution in [0.5, 0.6) is 0 Å². The Morgan fingerprint density at radius 2 is 1.42 bits per heavy atom. The molecule has 31 heavy (non-hydrogen) atoms. The fourth-order valence-corrected chi connectivity index (χ4v) is 3.95. The van der Waals surface area contributed by atoms with E-state index in [-0.39, 0.29) is 42.3 Å². The average molecular weight is 440 g/mol. The van der Waals surface area contributed by atoms with Crippen molar-refractivity contribution in [3.63, 3.8) is 0 Å². The summed E-state index contributed by atoms with van der Waals surface area (Å²) in [6, 6.07) is 0. The first-order valence-electron chi connectivity index (χ1n) is 11.2. The van der Waals surface area contributed by atoms with Crippen molar-refractivity contribution in [2.45, 2.75) is 59.0 Å². The van der Waals surface area contributed by atoms with Crippen LogP contribution in [-0.4, -0.2) is 90.6 Å². The molecule has 9 heteroatoms. The molecule has 0 aromatic heterocycles. The van der Waals surface area contributed by atoms with Crippen LogP contribution in [0.2, 0.25) is 0 Å². The standard InChI is InChI=1S/C22H37N3O6/c1-6-30-20(28)17-9-11-24(12-10-17)18(26)15-23(5)19(27)16-7-13-25(14-8-16)21(29)31-22(2,3)4/h16-17H,6-15H2,1-5H3. The largest absolute Gasteiger partial charge is 0.466 e. The molecule has 0 aromatic rings. The molecule has 0 N–H and O–H groups in total. The van der Waals surface area contributed by atoms with Gasteiger partial charge in [0.2, 0.25) is 11.8 Å². The summed E-state index contributed by atoms with van der Waals surface area (Å²) in [7, 11) is 1.64. The summed E-state index contributed by atoms with van der Waals surface area (Å²) in [5, 5.41) is 0. The lowest BCUT2D eigenvalue weighted by Gasteiger charge is -2.35. The van der Waals surface area contributed by atoms with Gasteiger partial charge in [0, 0.05) is 39.1 Å². The van der Waals surface area contributed by atoms with Gasteiger partial charge in [0.05, 0.1) is 19.1 Å². The van der Waals surface area contributed by atoms with Crippen molar-refractivity contribution in [3.05, 3.63) is 0 Å². The molecule has 2 fully saturated rings. The van der Waals surface area contributed by atoms with E-state index in [1.807, 2.05) is 20.8 Å². The second kappa shape index (κ2) is 10.8. The normalized spacial score (nSPS) is 18.5. The second-order valence-corrected chi connectivity index (χ2v) is 9.34. The molecule has 9 nitrogen and oxygen atoms in total. The van der Waals surface area contributed by atoms with E-state index in [1.165, 1.54) is 4.90 Å². The van der Waals surface area contributed by atoms with Gasteiger partial charge in [-0.1, -0.05) is 0 Å². The van der Waals surface area contributed by atoms with Crippen molar-refractivity contribution < 1.29 is 28.7 Å². The molecule has 2 saturated heterocycles. The third kappa shape index (κ3) is 7.40. The number of carbonyl (C=O) groups excluding carboxylic acids is 4. The number of hydrogen-bond acceptors (Lipinski definition) is 6. The zero-order chi connectivity index (χ0) is 23.2. The number of likely N-dealkylation sites (tertiary alicyclic amines) is 2. The number of hydrogen-bond donors (Lipinski definition) is 0. The van der Waals surface area contributed by atoms with Gasteiger partial charge in [0.15, 0.2) is 0 Å². The summed E-state index contributed by atoms with van der Waals surface area (Å²) in [5.41, 5.74) is -0.547. The summed E-state index contributed by atoms with van der Waals surface area (Å²) >= 11 is 0. The molecule has 0 saturated carbocycles. The first-order valence-corrected chi connectivity index (χ1v) is 11.2. The SMILES string of the molecule is CCOC(=O)C1CCN(C(=O)CN(C)C(=O)C2CCN(C(=O)OC(C)(C)C)CC2)CC1. The van der Waals surface area contributed by atoms with E-state index in [0.717, 1.165) is 0 Å². The van der Waals surface area contributed by atoms with Crippen LogP contribution in [0.1, 0.15) is 53.4 Å². The summed E-state index contributed by atoms with van der Waals surface area (Å²) in [6.45, 7) is 9.58. The molecular weight excluding hydrogens is 402 g/mol. The zero-order valence-corrected chi connectivity index (χ0v) is 19.5.